The first-order valence-electron chi connectivity index (χ1n) is 10.1. The zero-order valence-electron chi connectivity index (χ0n) is 17.5. The number of fused-ring (bicyclic) bond motifs is 1. The fraction of sp³-hybridized carbons (Fsp3) is 0.125. The molecule has 0 spiro atoms. The highest BCUT2D eigenvalue weighted by molar-refractivity contribution is 7.90. The van der Waals surface area contributed by atoms with Crippen LogP contribution < -0.4 is 5.32 Å². The number of carbonyl (C=O) groups is 1. The minimum absolute atomic E-state index is 0.0229. The molecule has 0 aliphatic carbocycles. The van der Waals surface area contributed by atoms with Crippen molar-refractivity contribution in [2.24, 2.45) is 0 Å². The molecule has 0 fully saturated rings. The summed E-state index contributed by atoms with van der Waals surface area (Å²) in [7, 11) is -3.83. The lowest BCUT2D eigenvalue weighted by Gasteiger charge is -2.09. The van der Waals surface area contributed by atoms with Crippen molar-refractivity contribution in [3.8, 4) is 0 Å². The van der Waals surface area contributed by atoms with Gasteiger partial charge in [-0.3, -0.25) is 4.79 Å². The van der Waals surface area contributed by atoms with Crippen LogP contribution in [0.2, 0.25) is 0 Å². The number of hydrogen-bond acceptors (Lipinski definition) is 3. The highest BCUT2D eigenvalue weighted by atomic mass is 32.2. The maximum atomic E-state index is 13.2. The van der Waals surface area contributed by atoms with Crippen molar-refractivity contribution < 1.29 is 30.8 Å². The van der Waals surface area contributed by atoms with Crippen LogP contribution in [-0.2, 0) is 33.1 Å². The third-order valence-corrected chi connectivity index (χ3v) is 6.88. The summed E-state index contributed by atoms with van der Waals surface area (Å²) in [5.41, 5.74) is 0.262. The summed E-state index contributed by atoms with van der Waals surface area (Å²) < 4.78 is 79.0. The van der Waals surface area contributed by atoms with Crippen LogP contribution in [0.5, 0.6) is 0 Å². The fourth-order valence-corrected chi connectivity index (χ4v) is 5.15. The Morgan fingerprint density at radius 1 is 0.912 bits per heavy atom. The van der Waals surface area contributed by atoms with Gasteiger partial charge in [-0.25, -0.2) is 12.8 Å². The fourth-order valence-electron chi connectivity index (χ4n) is 3.57. The smallest absolute Gasteiger partial charge is 0.337 e. The Labute approximate surface area is 192 Å². The summed E-state index contributed by atoms with van der Waals surface area (Å²) >= 11 is 0. The lowest BCUT2D eigenvalue weighted by molar-refractivity contribution is -0.137. The van der Waals surface area contributed by atoms with E-state index in [1.54, 1.807) is 24.3 Å². The topological polar surface area (TPSA) is 68.2 Å². The standard InChI is InChI=1S/C24H18F4N2O3S/c25-18-9-5-16(6-10-18)15-34(32,33)22-13-30(21-4-2-1-3-20(21)22)14-23(31)29-19-11-7-17(8-12-19)24(26,27)28/h1-13H,14-15H2,(H,29,31). The van der Waals surface area contributed by atoms with E-state index in [9.17, 15) is 30.8 Å². The predicted octanol–water partition coefficient (Wildman–Crippen LogP) is 5.41. The van der Waals surface area contributed by atoms with Crippen LogP contribution in [0.15, 0.2) is 83.9 Å². The zero-order valence-corrected chi connectivity index (χ0v) is 18.3. The molecule has 10 heteroatoms. The number of amides is 1. The van der Waals surface area contributed by atoms with Gasteiger partial charge in [0.25, 0.3) is 0 Å². The molecule has 0 aliphatic rings. The third kappa shape index (κ3) is 5.12. The predicted molar refractivity (Wildman–Crippen MR) is 119 cm³/mol. The molecule has 1 N–H and O–H groups in total. The van der Waals surface area contributed by atoms with E-state index in [0.717, 1.165) is 24.3 Å². The van der Waals surface area contributed by atoms with Gasteiger partial charge in [-0.2, -0.15) is 13.2 Å². The van der Waals surface area contributed by atoms with Crippen LogP contribution in [-0.4, -0.2) is 18.9 Å². The molecule has 1 aromatic heterocycles. The first-order valence-corrected chi connectivity index (χ1v) is 11.7. The number of anilines is 1. The Bertz CT molecular complexity index is 1440. The Hall–Kier alpha value is -3.66. The zero-order chi connectivity index (χ0) is 24.5. The normalized spacial score (nSPS) is 12.1. The second-order valence-electron chi connectivity index (χ2n) is 7.65. The van der Waals surface area contributed by atoms with Crippen LogP contribution in [0.25, 0.3) is 10.9 Å². The van der Waals surface area contributed by atoms with Crippen LogP contribution in [0.4, 0.5) is 23.2 Å². The minimum atomic E-state index is -4.48. The van der Waals surface area contributed by atoms with Gasteiger partial charge in [-0.1, -0.05) is 30.3 Å². The molecule has 176 valence electrons. The summed E-state index contributed by atoms with van der Waals surface area (Å²) in [6.45, 7) is -0.256. The van der Waals surface area contributed by atoms with E-state index in [1.165, 1.54) is 35.0 Å². The summed E-state index contributed by atoms with van der Waals surface area (Å²) in [4.78, 5) is 12.6. The van der Waals surface area contributed by atoms with Crippen molar-refractivity contribution >= 4 is 32.3 Å². The van der Waals surface area contributed by atoms with Crippen LogP contribution in [0, 0.1) is 5.82 Å². The van der Waals surface area contributed by atoms with E-state index in [1.807, 2.05) is 0 Å². The quantitative estimate of drug-likeness (QED) is 0.368. The lowest BCUT2D eigenvalue weighted by Crippen LogP contribution is -2.18. The van der Waals surface area contributed by atoms with Gasteiger partial charge in [0, 0.05) is 22.8 Å². The Morgan fingerprint density at radius 2 is 1.56 bits per heavy atom. The minimum Gasteiger partial charge on any atom is -0.337 e. The number of sulfone groups is 1. The molecular formula is C24H18F4N2O3S. The first kappa shape index (κ1) is 23.5. The molecule has 0 saturated heterocycles. The van der Waals surface area contributed by atoms with Crippen molar-refractivity contribution in [3.63, 3.8) is 0 Å². The third-order valence-electron chi connectivity index (χ3n) is 5.17. The monoisotopic (exact) mass is 490 g/mol. The molecule has 1 heterocycles. The van der Waals surface area contributed by atoms with Gasteiger partial charge in [-0.05, 0) is 48.0 Å². The van der Waals surface area contributed by atoms with E-state index >= 15 is 0 Å². The maximum absolute atomic E-state index is 13.2. The van der Waals surface area contributed by atoms with Crippen LogP contribution in [0.1, 0.15) is 11.1 Å². The summed E-state index contributed by atoms with van der Waals surface area (Å²) in [5, 5.41) is 2.94. The van der Waals surface area contributed by atoms with Crippen molar-refractivity contribution in [3.05, 3.63) is 95.9 Å². The van der Waals surface area contributed by atoms with E-state index in [-0.39, 0.29) is 22.9 Å². The number of halogens is 4. The van der Waals surface area contributed by atoms with Crippen LogP contribution in [0.3, 0.4) is 0 Å². The largest absolute Gasteiger partial charge is 0.416 e. The van der Waals surface area contributed by atoms with Gasteiger partial charge in [0.15, 0.2) is 9.84 Å². The number of alkyl halides is 3. The molecule has 4 aromatic rings. The lowest BCUT2D eigenvalue weighted by atomic mass is 10.2. The number of hydrogen-bond donors (Lipinski definition) is 1. The number of para-hydroxylation sites is 1. The Morgan fingerprint density at radius 3 is 2.21 bits per heavy atom. The second-order valence-corrected chi connectivity index (χ2v) is 9.61. The van der Waals surface area contributed by atoms with Crippen LogP contribution >= 0.6 is 0 Å². The molecule has 3 aromatic carbocycles. The molecule has 0 aliphatic heterocycles. The Balaban J connectivity index is 1.58. The molecule has 0 bridgehead atoms. The van der Waals surface area contributed by atoms with Gasteiger partial charge in [0.05, 0.1) is 16.2 Å². The van der Waals surface area contributed by atoms with Crippen molar-refractivity contribution in [2.75, 3.05) is 5.32 Å². The van der Waals surface area contributed by atoms with E-state index in [2.05, 4.69) is 5.32 Å². The number of nitrogens with one attached hydrogen (secondary N) is 1. The summed E-state index contributed by atoms with van der Waals surface area (Å²) in [5.74, 6) is -1.36. The average molecular weight is 490 g/mol. The van der Waals surface area contributed by atoms with E-state index < -0.39 is 33.3 Å². The highest BCUT2D eigenvalue weighted by Gasteiger charge is 2.30. The Kier molecular flexibility index (Phi) is 6.18. The molecule has 1 amide bonds. The number of nitrogens with zero attached hydrogens (tertiary/aromatic N) is 1. The van der Waals surface area contributed by atoms with Gasteiger partial charge in [-0.15, -0.1) is 0 Å². The molecule has 4 rings (SSSR count). The van der Waals surface area contributed by atoms with Crippen molar-refractivity contribution in [2.45, 2.75) is 23.4 Å². The van der Waals surface area contributed by atoms with Crippen molar-refractivity contribution in [1.29, 1.82) is 0 Å². The molecule has 0 radical (unpaired) electrons. The second kappa shape index (κ2) is 8.94. The molecule has 0 atom stereocenters. The summed E-state index contributed by atoms with van der Waals surface area (Å²) in [6.07, 6.45) is -3.13. The number of benzene rings is 3. The van der Waals surface area contributed by atoms with Gasteiger partial charge < -0.3 is 9.88 Å². The highest BCUT2D eigenvalue weighted by Crippen LogP contribution is 2.30. The van der Waals surface area contributed by atoms with E-state index in [0.29, 0.717) is 16.5 Å². The molecule has 0 saturated carbocycles. The van der Waals surface area contributed by atoms with E-state index in [4.69, 9.17) is 0 Å². The van der Waals surface area contributed by atoms with Gasteiger partial charge in [0.2, 0.25) is 5.91 Å². The number of carbonyl (C=O) groups excluding carboxylic acids is 1. The van der Waals surface area contributed by atoms with Gasteiger partial charge in [0.1, 0.15) is 12.4 Å². The molecular weight excluding hydrogens is 472 g/mol. The molecule has 34 heavy (non-hydrogen) atoms. The number of aromatic nitrogens is 1. The average Bonchev–Trinajstić information content (AvgIpc) is 3.14. The molecule has 5 nitrogen and oxygen atoms in total. The first-order chi connectivity index (χ1) is 16.0. The van der Waals surface area contributed by atoms with Gasteiger partial charge >= 0.3 is 6.18 Å². The number of rotatable bonds is 6. The molecule has 0 unspecified atom stereocenters. The maximum Gasteiger partial charge on any atom is 0.416 e. The van der Waals surface area contributed by atoms with Crippen molar-refractivity contribution in [1.82, 2.24) is 4.57 Å². The SMILES string of the molecule is O=C(Cn1cc(S(=O)(=O)Cc2ccc(F)cc2)c2ccccc21)Nc1ccc(C(F)(F)F)cc1. The summed E-state index contributed by atoms with van der Waals surface area (Å²) in [6, 6.07) is 15.8.